The van der Waals surface area contributed by atoms with Gasteiger partial charge in [0, 0.05) is 15.6 Å². The Morgan fingerprint density at radius 1 is 1.05 bits per heavy atom. The molecule has 5 heteroatoms. The minimum Gasteiger partial charge on any atom is -0.306 e. The molecule has 2 rings (SSSR count). The van der Waals surface area contributed by atoms with E-state index < -0.39 is 17.7 Å². The zero-order chi connectivity index (χ0) is 15.6. The van der Waals surface area contributed by atoms with Crippen molar-refractivity contribution in [2.45, 2.75) is 19.9 Å². The van der Waals surface area contributed by atoms with Gasteiger partial charge in [0.25, 0.3) is 0 Å². The Morgan fingerprint density at radius 2 is 1.71 bits per heavy atom. The van der Waals surface area contributed by atoms with Crippen molar-refractivity contribution >= 4 is 23.2 Å². The van der Waals surface area contributed by atoms with E-state index in [4.69, 9.17) is 23.2 Å². The third-order valence-corrected chi connectivity index (χ3v) is 3.86. The van der Waals surface area contributed by atoms with E-state index in [0.717, 1.165) is 0 Å². The molecule has 1 N–H and O–H groups in total. The molecule has 0 radical (unpaired) electrons. The Bertz CT molecular complexity index is 659. The van der Waals surface area contributed by atoms with Crippen LogP contribution >= 0.6 is 23.2 Å². The van der Waals surface area contributed by atoms with E-state index in [-0.39, 0.29) is 11.1 Å². The fourth-order valence-electron chi connectivity index (χ4n) is 2.21. The van der Waals surface area contributed by atoms with Gasteiger partial charge in [0.1, 0.15) is 0 Å². The first-order valence-corrected chi connectivity index (χ1v) is 7.34. The Labute approximate surface area is 132 Å². The lowest BCUT2D eigenvalue weighted by atomic mass is 9.96. The van der Waals surface area contributed by atoms with Crippen LogP contribution in [0.1, 0.15) is 29.7 Å². The van der Waals surface area contributed by atoms with E-state index in [9.17, 15) is 8.78 Å². The highest BCUT2D eigenvalue weighted by Gasteiger charge is 2.22. The van der Waals surface area contributed by atoms with Gasteiger partial charge < -0.3 is 5.32 Å². The van der Waals surface area contributed by atoms with Gasteiger partial charge in [-0.2, -0.15) is 0 Å². The molecular formula is C16H15Cl2F2N. The van der Waals surface area contributed by atoms with Gasteiger partial charge in [0.05, 0.1) is 6.04 Å². The third kappa shape index (κ3) is 3.37. The molecule has 21 heavy (non-hydrogen) atoms. The van der Waals surface area contributed by atoms with E-state index in [1.165, 1.54) is 6.92 Å². The minimum atomic E-state index is -0.855. The molecule has 1 atom stereocenters. The number of hydrogen-bond donors (Lipinski definition) is 1. The molecule has 0 aromatic heterocycles. The summed E-state index contributed by atoms with van der Waals surface area (Å²) in [4.78, 5) is 0. The summed E-state index contributed by atoms with van der Waals surface area (Å²) in [6, 6.07) is 7.58. The lowest BCUT2D eigenvalue weighted by molar-refractivity contribution is 0.478. The summed E-state index contributed by atoms with van der Waals surface area (Å²) >= 11 is 12.1. The molecule has 0 saturated carbocycles. The van der Waals surface area contributed by atoms with Crippen LogP contribution in [-0.2, 0) is 0 Å². The highest BCUT2D eigenvalue weighted by Crippen LogP contribution is 2.32. The topological polar surface area (TPSA) is 12.0 Å². The molecule has 112 valence electrons. The van der Waals surface area contributed by atoms with Gasteiger partial charge >= 0.3 is 0 Å². The van der Waals surface area contributed by atoms with Crippen LogP contribution in [0.2, 0.25) is 10.0 Å². The monoisotopic (exact) mass is 329 g/mol. The number of nitrogens with one attached hydrogen (secondary N) is 1. The first-order valence-electron chi connectivity index (χ1n) is 6.58. The van der Waals surface area contributed by atoms with Crippen molar-refractivity contribution < 1.29 is 8.78 Å². The minimum absolute atomic E-state index is 0.226. The molecule has 2 aromatic carbocycles. The molecule has 1 nitrogen and oxygen atoms in total. The van der Waals surface area contributed by atoms with Crippen LogP contribution in [0.3, 0.4) is 0 Å². The van der Waals surface area contributed by atoms with Gasteiger partial charge in [-0.1, -0.05) is 48.3 Å². The van der Waals surface area contributed by atoms with Crippen molar-refractivity contribution in [3.8, 4) is 0 Å². The van der Waals surface area contributed by atoms with Crippen LogP contribution < -0.4 is 5.32 Å². The van der Waals surface area contributed by atoms with Crippen molar-refractivity contribution in [3.05, 3.63) is 68.7 Å². The highest BCUT2D eigenvalue weighted by molar-refractivity contribution is 6.35. The second kappa shape index (κ2) is 6.73. The van der Waals surface area contributed by atoms with Crippen molar-refractivity contribution in [1.29, 1.82) is 0 Å². The second-order valence-electron chi connectivity index (χ2n) is 4.76. The zero-order valence-corrected chi connectivity index (χ0v) is 13.2. The molecule has 0 spiro atoms. The zero-order valence-electron chi connectivity index (χ0n) is 11.7. The van der Waals surface area contributed by atoms with E-state index in [1.54, 1.807) is 30.3 Å². The standard InChI is InChI=1S/C16H15Cl2F2N/c1-3-21-16(11-7-5-10(17)8-13(11)18)12-6-4-9(2)14(19)15(12)20/h4-8,16,21H,3H2,1-2H3. The number of rotatable bonds is 4. The molecule has 0 saturated heterocycles. The van der Waals surface area contributed by atoms with Gasteiger partial charge in [-0.05, 0) is 36.7 Å². The van der Waals surface area contributed by atoms with Crippen molar-refractivity contribution in [1.82, 2.24) is 5.32 Å². The smallest absolute Gasteiger partial charge is 0.164 e. The van der Waals surface area contributed by atoms with E-state index in [0.29, 0.717) is 22.2 Å². The number of halogens is 4. The molecule has 0 aliphatic heterocycles. The summed E-state index contributed by atoms with van der Waals surface area (Å²) < 4.78 is 28.1. The highest BCUT2D eigenvalue weighted by atomic mass is 35.5. The van der Waals surface area contributed by atoms with Crippen LogP contribution in [0.15, 0.2) is 30.3 Å². The largest absolute Gasteiger partial charge is 0.306 e. The first-order chi connectivity index (χ1) is 9.95. The van der Waals surface area contributed by atoms with Crippen molar-refractivity contribution in [2.75, 3.05) is 6.54 Å². The summed E-state index contributed by atoms with van der Waals surface area (Å²) in [6.45, 7) is 4.00. The number of benzene rings is 2. The fraction of sp³-hybridized carbons (Fsp3) is 0.250. The molecule has 0 heterocycles. The first kappa shape index (κ1) is 16.2. The summed E-state index contributed by atoms with van der Waals surface area (Å²) in [5.41, 5.74) is 1.16. The molecule has 0 aliphatic rings. The second-order valence-corrected chi connectivity index (χ2v) is 5.60. The van der Waals surface area contributed by atoms with Gasteiger partial charge in [0.2, 0.25) is 0 Å². The van der Waals surface area contributed by atoms with E-state index in [2.05, 4.69) is 5.32 Å². The number of hydrogen-bond acceptors (Lipinski definition) is 1. The Kier molecular flexibility index (Phi) is 5.20. The van der Waals surface area contributed by atoms with Crippen LogP contribution in [0.5, 0.6) is 0 Å². The number of aryl methyl sites for hydroxylation is 1. The van der Waals surface area contributed by atoms with Crippen LogP contribution in [0.4, 0.5) is 8.78 Å². The summed E-state index contributed by atoms with van der Waals surface area (Å²) in [5.74, 6) is -1.69. The van der Waals surface area contributed by atoms with Crippen molar-refractivity contribution in [3.63, 3.8) is 0 Å². The average Bonchev–Trinajstić information content (AvgIpc) is 2.44. The Hall–Kier alpha value is -1.16. The summed E-state index contributed by atoms with van der Waals surface area (Å²) in [5, 5.41) is 4.03. The fourth-order valence-corrected chi connectivity index (χ4v) is 2.73. The molecule has 0 aliphatic carbocycles. The summed E-state index contributed by atoms with van der Waals surface area (Å²) in [6.07, 6.45) is 0. The predicted molar refractivity (Wildman–Crippen MR) is 83.1 cm³/mol. The SMILES string of the molecule is CCNC(c1ccc(Cl)cc1Cl)c1ccc(C)c(F)c1F. The normalized spacial score (nSPS) is 12.5. The Balaban J connectivity index is 2.56. The van der Waals surface area contributed by atoms with Crippen LogP contribution in [-0.4, -0.2) is 6.54 Å². The summed E-state index contributed by atoms with van der Waals surface area (Å²) in [7, 11) is 0. The van der Waals surface area contributed by atoms with E-state index >= 15 is 0 Å². The molecular weight excluding hydrogens is 315 g/mol. The predicted octanol–water partition coefficient (Wildman–Crippen LogP) is 5.28. The van der Waals surface area contributed by atoms with Crippen LogP contribution in [0.25, 0.3) is 0 Å². The van der Waals surface area contributed by atoms with Crippen molar-refractivity contribution in [2.24, 2.45) is 0 Å². The third-order valence-electron chi connectivity index (χ3n) is 3.30. The maximum Gasteiger partial charge on any atom is 0.164 e. The van der Waals surface area contributed by atoms with Crippen LogP contribution in [0, 0.1) is 18.6 Å². The van der Waals surface area contributed by atoms with Gasteiger partial charge in [-0.25, -0.2) is 8.78 Å². The van der Waals surface area contributed by atoms with Gasteiger partial charge in [-0.3, -0.25) is 0 Å². The molecule has 0 bridgehead atoms. The average molecular weight is 330 g/mol. The van der Waals surface area contributed by atoms with Gasteiger partial charge in [-0.15, -0.1) is 0 Å². The lowest BCUT2D eigenvalue weighted by Crippen LogP contribution is -2.23. The molecule has 2 aromatic rings. The van der Waals surface area contributed by atoms with E-state index in [1.807, 2.05) is 6.92 Å². The quantitative estimate of drug-likeness (QED) is 0.804. The lowest BCUT2D eigenvalue weighted by Gasteiger charge is -2.21. The molecule has 1 unspecified atom stereocenters. The maximum atomic E-state index is 14.2. The molecule has 0 amide bonds. The molecule has 0 fully saturated rings. The van der Waals surface area contributed by atoms with Gasteiger partial charge in [0.15, 0.2) is 11.6 Å². The Morgan fingerprint density at radius 3 is 2.33 bits per heavy atom. The maximum absolute atomic E-state index is 14.2.